The first kappa shape index (κ1) is 20.0. The predicted molar refractivity (Wildman–Crippen MR) is 121 cm³/mol. The van der Waals surface area contributed by atoms with Gasteiger partial charge in [-0.15, -0.1) is 0 Å². The van der Waals surface area contributed by atoms with Crippen molar-refractivity contribution >= 4 is 39.7 Å². The fourth-order valence-corrected chi connectivity index (χ4v) is 5.81. The van der Waals surface area contributed by atoms with E-state index in [1.165, 1.54) is 5.57 Å². The summed E-state index contributed by atoms with van der Waals surface area (Å²) in [5.41, 5.74) is 2.89. The van der Waals surface area contributed by atoms with Gasteiger partial charge in [0.05, 0.1) is 28.6 Å². The lowest BCUT2D eigenvalue weighted by atomic mass is 9.77. The molecule has 1 aromatic heterocycles. The number of hydrogen-bond acceptors (Lipinski definition) is 6. The van der Waals surface area contributed by atoms with Gasteiger partial charge in [0, 0.05) is 23.9 Å². The van der Waals surface area contributed by atoms with Gasteiger partial charge in [-0.1, -0.05) is 29.8 Å². The Bertz CT molecular complexity index is 1020. The van der Waals surface area contributed by atoms with Crippen LogP contribution in [0.2, 0.25) is 5.02 Å². The molecule has 6 nitrogen and oxygen atoms in total. The number of aryl methyl sites for hydroxylation is 1. The fourth-order valence-electron chi connectivity index (χ4n) is 4.35. The highest BCUT2D eigenvalue weighted by Gasteiger charge is 2.38. The van der Waals surface area contributed by atoms with Crippen molar-refractivity contribution < 1.29 is 9.32 Å². The lowest BCUT2D eigenvalue weighted by molar-refractivity contribution is 0.143. The summed E-state index contributed by atoms with van der Waals surface area (Å²) in [5.74, 6) is 1.94. The second-order valence-electron chi connectivity index (χ2n) is 8.34. The lowest BCUT2D eigenvalue weighted by Gasteiger charge is -2.42. The number of hydrogen-bond donors (Lipinski definition) is 2. The highest BCUT2D eigenvalue weighted by Crippen LogP contribution is 2.38. The Balaban J connectivity index is 1.45. The van der Waals surface area contributed by atoms with Gasteiger partial charge in [-0.3, -0.25) is 4.21 Å². The van der Waals surface area contributed by atoms with E-state index in [0.717, 1.165) is 59.8 Å². The number of aromatic nitrogens is 2. The maximum absolute atomic E-state index is 12.8. The minimum atomic E-state index is -1.10. The molecule has 1 fully saturated rings. The number of benzene rings is 1. The van der Waals surface area contributed by atoms with Crippen molar-refractivity contribution in [2.45, 2.75) is 42.5 Å². The molecule has 0 amide bonds. The summed E-state index contributed by atoms with van der Waals surface area (Å²) in [6, 6.07) is 7.87. The molecule has 0 saturated heterocycles. The standard InChI is InChI=1S/C22H25ClN4O2S/c23-17-6-4-15(5-7-17)16-8-11-27(13-16)21-24-18-3-1-12-30(29)19(18)20(25-21)26-22(14-28)9-2-10-22/h4-8,28H,1-3,9-14H2,(H,24,25,26)/t30-/m0/s1. The fraction of sp³-hybridized carbons (Fsp3) is 0.455. The van der Waals surface area contributed by atoms with Crippen molar-refractivity contribution in [3.05, 3.63) is 46.6 Å². The monoisotopic (exact) mass is 444 g/mol. The van der Waals surface area contributed by atoms with Crippen molar-refractivity contribution in [3.63, 3.8) is 0 Å². The van der Waals surface area contributed by atoms with E-state index in [9.17, 15) is 9.32 Å². The Morgan fingerprint density at radius 3 is 2.70 bits per heavy atom. The minimum Gasteiger partial charge on any atom is -0.394 e. The lowest BCUT2D eigenvalue weighted by Crippen LogP contribution is -2.49. The smallest absolute Gasteiger partial charge is 0.228 e. The Hall–Kier alpha value is -1.96. The minimum absolute atomic E-state index is 0.0553. The molecule has 1 atom stereocenters. The van der Waals surface area contributed by atoms with Gasteiger partial charge in [0.25, 0.3) is 0 Å². The summed E-state index contributed by atoms with van der Waals surface area (Å²) < 4.78 is 12.8. The average molecular weight is 445 g/mol. The number of anilines is 2. The molecule has 3 aliphatic rings. The van der Waals surface area contributed by atoms with Crippen LogP contribution in [0.25, 0.3) is 5.57 Å². The average Bonchev–Trinajstić information content (AvgIpc) is 3.21. The Morgan fingerprint density at radius 2 is 2.00 bits per heavy atom. The Kier molecular flexibility index (Phi) is 5.29. The van der Waals surface area contributed by atoms with E-state index in [1.807, 2.05) is 24.3 Å². The van der Waals surface area contributed by atoms with Gasteiger partial charge in [0.1, 0.15) is 10.7 Å². The summed E-state index contributed by atoms with van der Waals surface area (Å²) in [6.45, 7) is 1.50. The zero-order valence-electron chi connectivity index (χ0n) is 16.7. The number of aliphatic hydroxyl groups is 1. The molecule has 8 heteroatoms. The number of fused-ring (bicyclic) bond motifs is 1. The summed E-state index contributed by atoms with van der Waals surface area (Å²) >= 11 is 6.02. The van der Waals surface area contributed by atoms with Gasteiger partial charge in [-0.25, -0.2) is 4.98 Å². The Morgan fingerprint density at radius 1 is 1.20 bits per heavy atom. The first-order chi connectivity index (χ1) is 14.6. The highest BCUT2D eigenvalue weighted by atomic mass is 35.5. The SMILES string of the molecule is O=[S@]1CCCc2nc(N3CC=C(c4ccc(Cl)cc4)C3)nc(NC3(CO)CCC3)c21. The van der Waals surface area contributed by atoms with Crippen LogP contribution in [0, 0.1) is 0 Å². The molecule has 2 N–H and O–H groups in total. The van der Waals surface area contributed by atoms with Crippen LogP contribution in [0.1, 0.15) is 36.9 Å². The van der Waals surface area contributed by atoms with Crippen molar-refractivity contribution in [1.29, 1.82) is 0 Å². The summed E-state index contributed by atoms with van der Waals surface area (Å²) in [6.07, 6.45) is 6.75. The van der Waals surface area contributed by atoms with Crippen LogP contribution in [0.3, 0.4) is 0 Å². The predicted octanol–water partition coefficient (Wildman–Crippen LogP) is 3.41. The van der Waals surface area contributed by atoms with Crippen molar-refractivity contribution in [2.75, 3.05) is 35.7 Å². The number of nitrogens with zero attached hydrogens (tertiary/aromatic N) is 3. The largest absolute Gasteiger partial charge is 0.394 e. The van der Waals surface area contributed by atoms with Crippen LogP contribution in [-0.4, -0.2) is 50.3 Å². The topological polar surface area (TPSA) is 78.4 Å². The van der Waals surface area contributed by atoms with E-state index in [0.29, 0.717) is 24.1 Å². The molecule has 1 saturated carbocycles. The molecule has 0 bridgehead atoms. The van der Waals surface area contributed by atoms with Crippen LogP contribution in [0.5, 0.6) is 0 Å². The van der Waals surface area contributed by atoms with Crippen LogP contribution in [-0.2, 0) is 17.2 Å². The molecule has 2 aliphatic heterocycles. The number of rotatable bonds is 5. The normalized spacial score (nSPS) is 22.3. The Labute approximate surface area is 183 Å². The molecule has 3 heterocycles. The molecule has 0 unspecified atom stereocenters. The van der Waals surface area contributed by atoms with Gasteiger partial charge in [-0.2, -0.15) is 4.98 Å². The van der Waals surface area contributed by atoms with E-state index in [-0.39, 0.29) is 12.1 Å². The maximum Gasteiger partial charge on any atom is 0.228 e. The van der Waals surface area contributed by atoms with Crippen LogP contribution in [0.4, 0.5) is 11.8 Å². The summed E-state index contributed by atoms with van der Waals surface area (Å²) in [7, 11) is -1.10. The second-order valence-corrected chi connectivity index (χ2v) is 10.3. The molecule has 5 rings (SSSR count). The van der Waals surface area contributed by atoms with Crippen LogP contribution in [0.15, 0.2) is 35.2 Å². The third-order valence-electron chi connectivity index (χ3n) is 6.31. The van der Waals surface area contributed by atoms with Gasteiger partial charge in [0.15, 0.2) is 0 Å². The third kappa shape index (κ3) is 3.63. The van der Waals surface area contributed by atoms with Gasteiger partial charge >= 0.3 is 0 Å². The van der Waals surface area contributed by atoms with Crippen LogP contribution < -0.4 is 10.2 Å². The summed E-state index contributed by atoms with van der Waals surface area (Å²) in [4.78, 5) is 12.5. The molecule has 1 aliphatic carbocycles. The number of aliphatic hydroxyl groups excluding tert-OH is 1. The third-order valence-corrected chi connectivity index (χ3v) is 8.10. The van der Waals surface area contributed by atoms with Gasteiger partial charge in [0.2, 0.25) is 5.95 Å². The zero-order valence-corrected chi connectivity index (χ0v) is 18.3. The quantitative estimate of drug-likeness (QED) is 0.735. The van der Waals surface area contributed by atoms with Crippen molar-refractivity contribution in [3.8, 4) is 0 Å². The zero-order chi connectivity index (χ0) is 20.7. The van der Waals surface area contributed by atoms with E-state index in [1.54, 1.807) is 0 Å². The highest BCUT2D eigenvalue weighted by molar-refractivity contribution is 7.85. The van der Waals surface area contributed by atoms with E-state index in [2.05, 4.69) is 16.3 Å². The number of nitrogens with one attached hydrogen (secondary N) is 1. The van der Waals surface area contributed by atoms with Gasteiger partial charge in [-0.05, 0) is 55.4 Å². The first-order valence-electron chi connectivity index (χ1n) is 10.5. The molecule has 0 radical (unpaired) electrons. The van der Waals surface area contributed by atoms with E-state index < -0.39 is 10.8 Å². The second kappa shape index (κ2) is 7.94. The van der Waals surface area contributed by atoms with Crippen LogP contribution >= 0.6 is 11.6 Å². The molecular weight excluding hydrogens is 420 g/mol. The molecule has 2 aromatic rings. The molecular formula is C22H25ClN4O2S. The molecule has 30 heavy (non-hydrogen) atoms. The molecule has 158 valence electrons. The van der Waals surface area contributed by atoms with Gasteiger partial charge < -0.3 is 15.3 Å². The van der Waals surface area contributed by atoms with E-state index >= 15 is 0 Å². The molecule has 1 aromatic carbocycles. The van der Waals surface area contributed by atoms with Crippen molar-refractivity contribution in [1.82, 2.24) is 9.97 Å². The maximum atomic E-state index is 12.8. The summed E-state index contributed by atoms with van der Waals surface area (Å²) in [5, 5.41) is 14.1. The molecule has 0 spiro atoms. The van der Waals surface area contributed by atoms with E-state index in [4.69, 9.17) is 21.6 Å². The van der Waals surface area contributed by atoms with Crippen molar-refractivity contribution in [2.24, 2.45) is 0 Å². The first-order valence-corrected chi connectivity index (χ1v) is 12.1. The number of halogens is 1.